The van der Waals surface area contributed by atoms with E-state index in [0.717, 1.165) is 23.9 Å². The van der Waals surface area contributed by atoms with Crippen molar-refractivity contribution < 1.29 is 13.6 Å². The van der Waals surface area contributed by atoms with E-state index in [2.05, 4.69) is 15.7 Å². The molecule has 5 nitrogen and oxygen atoms in total. The van der Waals surface area contributed by atoms with Gasteiger partial charge >= 0.3 is 0 Å². The lowest BCUT2D eigenvalue weighted by Crippen LogP contribution is -2.50. The first-order valence-corrected chi connectivity index (χ1v) is 10.1. The van der Waals surface area contributed by atoms with Crippen LogP contribution in [0.3, 0.4) is 0 Å². The van der Waals surface area contributed by atoms with E-state index in [-0.39, 0.29) is 17.9 Å². The van der Waals surface area contributed by atoms with Gasteiger partial charge in [-0.1, -0.05) is 29.8 Å². The molecule has 1 amide bonds. The Morgan fingerprint density at radius 3 is 2.63 bits per heavy atom. The lowest BCUT2D eigenvalue weighted by Gasteiger charge is -2.33. The van der Waals surface area contributed by atoms with Crippen molar-refractivity contribution in [1.29, 1.82) is 0 Å². The number of rotatable bonds is 4. The van der Waals surface area contributed by atoms with Gasteiger partial charge in [0.15, 0.2) is 11.6 Å². The van der Waals surface area contributed by atoms with Gasteiger partial charge in [0.05, 0.1) is 16.9 Å². The summed E-state index contributed by atoms with van der Waals surface area (Å²) in [6.45, 7) is 1.30. The highest BCUT2D eigenvalue weighted by atomic mass is 35.5. The number of amides is 1. The second kappa shape index (κ2) is 8.53. The molecule has 0 spiro atoms. The molecule has 2 aromatic carbocycles. The first kappa shape index (κ1) is 20.5. The van der Waals surface area contributed by atoms with Gasteiger partial charge in [-0.05, 0) is 42.8 Å². The highest BCUT2D eigenvalue weighted by molar-refractivity contribution is 6.33. The number of aryl methyl sites for hydroxylation is 1. The fourth-order valence-corrected chi connectivity index (χ4v) is 4.19. The second-order valence-corrected chi connectivity index (χ2v) is 7.80. The number of carbonyl (C=O) groups is 1. The smallest absolute Gasteiger partial charge is 0.251 e. The summed E-state index contributed by atoms with van der Waals surface area (Å²) in [5.41, 5.74) is 2.82. The summed E-state index contributed by atoms with van der Waals surface area (Å²) in [7, 11) is 1.80. The van der Waals surface area contributed by atoms with E-state index in [0.29, 0.717) is 29.1 Å². The van der Waals surface area contributed by atoms with Crippen molar-refractivity contribution >= 4 is 17.5 Å². The summed E-state index contributed by atoms with van der Waals surface area (Å²) < 4.78 is 28.7. The molecule has 0 bridgehead atoms. The Morgan fingerprint density at radius 1 is 1.20 bits per heavy atom. The Labute approximate surface area is 178 Å². The predicted molar refractivity (Wildman–Crippen MR) is 111 cm³/mol. The first-order chi connectivity index (χ1) is 14.4. The normalized spacial score (nSPS) is 18.9. The molecule has 0 saturated carbocycles. The zero-order valence-electron chi connectivity index (χ0n) is 16.3. The maximum Gasteiger partial charge on any atom is 0.251 e. The van der Waals surface area contributed by atoms with E-state index in [1.54, 1.807) is 36.1 Å². The third kappa shape index (κ3) is 4.08. The van der Waals surface area contributed by atoms with Crippen LogP contribution in [0.2, 0.25) is 5.02 Å². The van der Waals surface area contributed by atoms with Gasteiger partial charge in [-0.15, -0.1) is 0 Å². The molecule has 1 saturated heterocycles. The molecule has 0 aliphatic carbocycles. The molecule has 1 aliphatic heterocycles. The van der Waals surface area contributed by atoms with Gasteiger partial charge in [-0.25, -0.2) is 8.78 Å². The molecule has 0 unspecified atom stereocenters. The van der Waals surface area contributed by atoms with Gasteiger partial charge in [0.1, 0.15) is 0 Å². The largest absolute Gasteiger partial charge is 0.347 e. The average Bonchev–Trinajstić information content (AvgIpc) is 3.08. The molecule has 30 heavy (non-hydrogen) atoms. The molecule has 1 fully saturated rings. The Balaban J connectivity index is 1.51. The lowest BCUT2D eigenvalue weighted by atomic mass is 9.85. The number of halogens is 3. The van der Waals surface area contributed by atoms with Crippen molar-refractivity contribution in [3.63, 3.8) is 0 Å². The standard InChI is InChI=1S/C22H21ClF2N4O/c1-29-21(17(23)11-27-29)13-2-4-14(5-3-13)22(30)28-20-12-26-9-8-16(20)15-6-7-18(24)19(25)10-15/h2-7,10-11,16,20,26H,8-9,12H2,1H3,(H,28,30)/t16-,20+/m0/s1. The number of carbonyl (C=O) groups excluding carboxylic acids is 1. The van der Waals surface area contributed by atoms with Gasteiger partial charge in [0, 0.05) is 36.7 Å². The molecule has 156 valence electrons. The maximum absolute atomic E-state index is 13.7. The molecule has 1 aliphatic rings. The van der Waals surface area contributed by atoms with E-state index >= 15 is 0 Å². The van der Waals surface area contributed by atoms with Crippen LogP contribution in [0.25, 0.3) is 11.3 Å². The molecule has 1 aromatic heterocycles. The van der Waals surface area contributed by atoms with Crippen molar-refractivity contribution in [2.45, 2.75) is 18.4 Å². The molecule has 2 atom stereocenters. The lowest BCUT2D eigenvalue weighted by molar-refractivity contribution is 0.0924. The minimum Gasteiger partial charge on any atom is -0.347 e. The summed E-state index contributed by atoms with van der Waals surface area (Å²) in [5, 5.41) is 10.9. The van der Waals surface area contributed by atoms with E-state index < -0.39 is 11.6 Å². The molecule has 0 radical (unpaired) electrons. The van der Waals surface area contributed by atoms with Crippen LogP contribution in [0.5, 0.6) is 0 Å². The summed E-state index contributed by atoms with van der Waals surface area (Å²) in [5.74, 6) is -2.07. The van der Waals surface area contributed by atoms with Crippen LogP contribution in [0, 0.1) is 11.6 Å². The van der Waals surface area contributed by atoms with Crippen LogP contribution in [-0.2, 0) is 7.05 Å². The highest BCUT2D eigenvalue weighted by Gasteiger charge is 2.28. The summed E-state index contributed by atoms with van der Waals surface area (Å²) in [4.78, 5) is 12.8. The van der Waals surface area contributed by atoms with Gasteiger partial charge in [-0.2, -0.15) is 5.10 Å². The second-order valence-electron chi connectivity index (χ2n) is 7.39. The van der Waals surface area contributed by atoms with E-state index in [4.69, 9.17) is 11.6 Å². The molecule has 8 heteroatoms. The predicted octanol–water partition coefficient (Wildman–Crippen LogP) is 3.89. The quantitative estimate of drug-likeness (QED) is 0.660. The summed E-state index contributed by atoms with van der Waals surface area (Å²) >= 11 is 6.19. The van der Waals surface area contributed by atoms with E-state index in [1.165, 1.54) is 6.07 Å². The maximum atomic E-state index is 13.7. The Morgan fingerprint density at radius 2 is 1.97 bits per heavy atom. The van der Waals surface area contributed by atoms with E-state index in [9.17, 15) is 13.6 Å². The van der Waals surface area contributed by atoms with Crippen molar-refractivity contribution in [1.82, 2.24) is 20.4 Å². The third-order valence-electron chi connectivity index (χ3n) is 5.49. The van der Waals surface area contributed by atoms with E-state index in [1.807, 2.05) is 12.1 Å². The van der Waals surface area contributed by atoms with Crippen LogP contribution >= 0.6 is 11.6 Å². The molecular formula is C22H21ClF2N4O. The van der Waals surface area contributed by atoms with Crippen molar-refractivity contribution in [3.8, 4) is 11.3 Å². The number of benzene rings is 2. The summed E-state index contributed by atoms with van der Waals surface area (Å²) in [6, 6.07) is 10.8. The minimum absolute atomic E-state index is 0.0992. The molecule has 2 N–H and O–H groups in total. The number of piperidine rings is 1. The average molecular weight is 431 g/mol. The van der Waals surface area contributed by atoms with Crippen LogP contribution in [-0.4, -0.2) is 34.8 Å². The zero-order chi connectivity index (χ0) is 21.3. The number of hydrogen-bond acceptors (Lipinski definition) is 3. The molecule has 2 heterocycles. The Bertz CT molecular complexity index is 1050. The van der Waals surface area contributed by atoms with Crippen molar-refractivity contribution in [2.24, 2.45) is 7.05 Å². The summed E-state index contributed by atoms with van der Waals surface area (Å²) in [6.07, 6.45) is 2.29. The molecular weight excluding hydrogens is 410 g/mol. The van der Waals surface area contributed by atoms with Crippen molar-refractivity contribution in [2.75, 3.05) is 13.1 Å². The number of nitrogens with one attached hydrogen (secondary N) is 2. The Kier molecular flexibility index (Phi) is 5.83. The minimum atomic E-state index is -0.875. The van der Waals surface area contributed by atoms with Crippen molar-refractivity contribution in [3.05, 3.63) is 76.4 Å². The van der Waals surface area contributed by atoms with Gasteiger partial charge in [0.2, 0.25) is 0 Å². The fourth-order valence-electron chi connectivity index (χ4n) is 3.92. The first-order valence-electron chi connectivity index (χ1n) is 9.68. The van der Waals surface area contributed by atoms with Crippen LogP contribution in [0.15, 0.2) is 48.7 Å². The SMILES string of the molecule is Cn1ncc(Cl)c1-c1ccc(C(=O)N[C@@H]2CNCC[C@H]2c2ccc(F)c(F)c2)cc1. The van der Waals surface area contributed by atoms with Gasteiger partial charge in [0.25, 0.3) is 5.91 Å². The number of aromatic nitrogens is 2. The van der Waals surface area contributed by atoms with Crippen LogP contribution < -0.4 is 10.6 Å². The van der Waals surface area contributed by atoms with Crippen LogP contribution in [0.4, 0.5) is 8.78 Å². The van der Waals surface area contributed by atoms with Gasteiger partial charge in [-0.3, -0.25) is 9.48 Å². The third-order valence-corrected chi connectivity index (χ3v) is 5.76. The van der Waals surface area contributed by atoms with Crippen LogP contribution in [0.1, 0.15) is 28.3 Å². The topological polar surface area (TPSA) is 59.0 Å². The Hall–Kier alpha value is -2.77. The monoisotopic (exact) mass is 430 g/mol. The number of hydrogen-bond donors (Lipinski definition) is 2. The highest BCUT2D eigenvalue weighted by Crippen LogP contribution is 2.29. The zero-order valence-corrected chi connectivity index (χ0v) is 17.1. The molecule has 3 aromatic rings. The number of nitrogens with zero attached hydrogens (tertiary/aromatic N) is 2. The van der Waals surface area contributed by atoms with Gasteiger partial charge < -0.3 is 10.6 Å². The fraction of sp³-hybridized carbons (Fsp3) is 0.273. The molecule has 4 rings (SSSR count).